The van der Waals surface area contributed by atoms with Crippen molar-refractivity contribution in [2.24, 2.45) is 0 Å². The van der Waals surface area contributed by atoms with Crippen molar-refractivity contribution in [3.63, 3.8) is 0 Å². The molecule has 0 unspecified atom stereocenters. The van der Waals surface area contributed by atoms with Gasteiger partial charge in [-0.15, -0.1) is 11.8 Å². The highest BCUT2D eigenvalue weighted by atomic mass is 32.2. The highest BCUT2D eigenvalue weighted by molar-refractivity contribution is 7.99. The average Bonchev–Trinajstić information content (AvgIpc) is 2.65. The minimum atomic E-state index is -0.0537. The molecule has 4 nitrogen and oxygen atoms in total. The van der Waals surface area contributed by atoms with Crippen LogP contribution in [0.5, 0.6) is 0 Å². The van der Waals surface area contributed by atoms with Gasteiger partial charge in [-0.3, -0.25) is 9.59 Å². The largest absolute Gasteiger partial charge is 0.354 e. The molecular weight excluding hydrogens is 272 g/mol. The molecule has 0 aromatic heterocycles. The molecule has 1 aromatic carbocycles. The number of benzene rings is 1. The molecule has 2 rings (SSSR count). The molecule has 1 fully saturated rings. The van der Waals surface area contributed by atoms with Crippen LogP contribution in [-0.4, -0.2) is 42.1 Å². The third-order valence-electron chi connectivity index (χ3n) is 3.22. The maximum absolute atomic E-state index is 12.1. The SMILES string of the molecule is Cc1ccc(SCCC(=O)N2CCCNC(=O)C2)cc1. The van der Waals surface area contributed by atoms with E-state index in [1.807, 2.05) is 0 Å². The normalized spacial score (nSPS) is 15.7. The third-order valence-corrected chi connectivity index (χ3v) is 4.23. The molecule has 1 aromatic rings. The van der Waals surface area contributed by atoms with Crippen LogP contribution in [0.4, 0.5) is 0 Å². The summed E-state index contributed by atoms with van der Waals surface area (Å²) in [7, 11) is 0. The fourth-order valence-corrected chi connectivity index (χ4v) is 2.91. The lowest BCUT2D eigenvalue weighted by molar-refractivity contribution is -0.134. The van der Waals surface area contributed by atoms with Gasteiger partial charge in [0.1, 0.15) is 0 Å². The Labute approximate surface area is 123 Å². The maximum Gasteiger partial charge on any atom is 0.239 e. The Morgan fingerprint density at radius 1 is 1.35 bits per heavy atom. The number of amides is 2. The van der Waals surface area contributed by atoms with E-state index in [0.29, 0.717) is 19.5 Å². The van der Waals surface area contributed by atoms with Crippen LogP contribution in [0.3, 0.4) is 0 Å². The Balaban J connectivity index is 1.76. The van der Waals surface area contributed by atoms with Crippen LogP contribution < -0.4 is 5.32 Å². The van der Waals surface area contributed by atoms with Crippen molar-refractivity contribution >= 4 is 23.6 Å². The molecule has 1 aliphatic rings. The van der Waals surface area contributed by atoms with Gasteiger partial charge < -0.3 is 10.2 Å². The molecule has 1 saturated heterocycles. The van der Waals surface area contributed by atoms with Crippen molar-refractivity contribution in [1.82, 2.24) is 10.2 Å². The van der Waals surface area contributed by atoms with E-state index < -0.39 is 0 Å². The van der Waals surface area contributed by atoms with Crippen molar-refractivity contribution in [2.75, 3.05) is 25.4 Å². The van der Waals surface area contributed by atoms with Crippen LogP contribution in [0.2, 0.25) is 0 Å². The number of carbonyl (C=O) groups excluding carboxylic acids is 2. The number of rotatable bonds is 4. The number of hydrogen-bond acceptors (Lipinski definition) is 3. The first-order valence-electron chi connectivity index (χ1n) is 6.89. The maximum atomic E-state index is 12.1. The first-order valence-corrected chi connectivity index (χ1v) is 7.87. The summed E-state index contributed by atoms with van der Waals surface area (Å²) in [6.07, 6.45) is 1.31. The highest BCUT2D eigenvalue weighted by Gasteiger charge is 2.19. The van der Waals surface area contributed by atoms with Gasteiger partial charge >= 0.3 is 0 Å². The smallest absolute Gasteiger partial charge is 0.239 e. The van der Waals surface area contributed by atoms with Crippen molar-refractivity contribution in [1.29, 1.82) is 0 Å². The standard InChI is InChI=1S/C15H20N2O2S/c1-12-3-5-13(6-4-12)20-10-7-15(19)17-9-2-8-16-14(18)11-17/h3-6H,2,7-11H2,1H3,(H,16,18). The predicted octanol–water partition coefficient (Wildman–Crippen LogP) is 1.83. The molecule has 0 atom stereocenters. The molecule has 0 spiro atoms. The second-order valence-electron chi connectivity index (χ2n) is 4.93. The summed E-state index contributed by atoms with van der Waals surface area (Å²) in [4.78, 5) is 26.3. The summed E-state index contributed by atoms with van der Waals surface area (Å²) in [5, 5.41) is 2.78. The average molecular weight is 292 g/mol. The first kappa shape index (κ1) is 14.9. The quantitative estimate of drug-likeness (QED) is 0.861. The number of carbonyl (C=O) groups is 2. The van der Waals surface area contributed by atoms with E-state index in [2.05, 4.69) is 36.5 Å². The molecule has 5 heteroatoms. The van der Waals surface area contributed by atoms with E-state index in [1.165, 1.54) is 10.5 Å². The lowest BCUT2D eigenvalue weighted by Gasteiger charge is -2.18. The van der Waals surface area contributed by atoms with Gasteiger partial charge in [-0.05, 0) is 25.5 Å². The Bertz CT molecular complexity index is 473. The van der Waals surface area contributed by atoms with Crippen LogP contribution in [0.1, 0.15) is 18.4 Å². The predicted molar refractivity (Wildman–Crippen MR) is 80.7 cm³/mol. The molecule has 1 aliphatic heterocycles. The molecule has 1 heterocycles. The fraction of sp³-hybridized carbons (Fsp3) is 0.467. The molecule has 0 radical (unpaired) electrons. The second kappa shape index (κ2) is 7.33. The molecule has 108 valence electrons. The van der Waals surface area contributed by atoms with Crippen LogP contribution in [0, 0.1) is 6.92 Å². The van der Waals surface area contributed by atoms with Gasteiger partial charge in [0.15, 0.2) is 0 Å². The fourth-order valence-electron chi connectivity index (χ4n) is 2.07. The minimum absolute atomic E-state index is 0.0537. The summed E-state index contributed by atoms with van der Waals surface area (Å²) < 4.78 is 0. The van der Waals surface area contributed by atoms with Gasteiger partial charge in [-0.25, -0.2) is 0 Å². The number of nitrogens with zero attached hydrogens (tertiary/aromatic N) is 1. The molecule has 0 bridgehead atoms. The molecule has 0 aliphatic carbocycles. The number of thioether (sulfide) groups is 1. The van der Waals surface area contributed by atoms with Crippen molar-refractivity contribution < 1.29 is 9.59 Å². The molecule has 0 saturated carbocycles. The third kappa shape index (κ3) is 4.56. The summed E-state index contributed by atoms with van der Waals surface area (Å²) in [6, 6.07) is 8.29. The van der Waals surface area contributed by atoms with E-state index in [4.69, 9.17) is 0 Å². The Hall–Kier alpha value is -1.49. The van der Waals surface area contributed by atoms with Crippen LogP contribution in [0.15, 0.2) is 29.2 Å². The topological polar surface area (TPSA) is 49.4 Å². The molecule has 2 amide bonds. The van der Waals surface area contributed by atoms with E-state index in [9.17, 15) is 9.59 Å². The Morgan fingerprint density at radius 2 is 2.10 bits per heavy atom. The summed E-state index contributed by atoms with van der Waals surface area (Å²) in [5.74, 6) is 0.767. The number of nitrogens with one attached hydrogen (secondary N) is 1. The zero-order valence-electron chi connectivity index (χ0n) is 11.7. The minimum Gasteiger partial charge on any atom is -0.354 e. The number of aryl methyl sites for hydroxylation is 1. The van der Waals surface area contributed by atoms with E-state index >= 15 is 0 Å². The van der Waals surface area contributed by atoms with Gasteiger partial charge in [0.2, 0.25) is 11.8 Å². The molecular formula is C15H20N2O2S. The van der Waals surface area contributed by atoms with Crippen molar-refractivity contribution in [2.45, 2.75) is 24.7 Å². The number of hydrogen-bond donors (Lipinski definition) is 1. The van der Waals surface area contributed by atoms with Crippen molar-refractivity contribution in [3.05, 3.63) is 29.8 Å². The second-order valence-corrected chi connectivity index (χ2v) is 6.10. The Kier molecular flexibility index (Phi) is 5.47. The first-order chi connectivity index (χ1) is 9.65. The lowest BCUT2D eigenvalue weighted by atomic mass is 10.2. The molecule has 20 heavy (non-hydrogen) atoms. The van der Waals surface area contributed by atoms with Crippen LogP contribution in [-0.2, 0) is 9.59 Å². The zero-order valence-corrected chi connectivity index (χ0v) is 12.5. The van der Waals surface area contributed by atoms with Gasteiger partial charge in [-0.2, -0.15) is 0 Å². The monoisotopic (exact) mass is 292 g/mol. The van der Waals surface area contributed by atoms with Gasteiger partial charge in [0.25, 0.3) is 0 Å². The summed E-state index contributed by atoms with van der Waals surface area (Å²) in [6.45, 7) is 3.60. The van der Waals surface area contributed by atoms with Crippen LogP contribution >= 0.6 is 11.8 Å². The lowest BCUT2D eigenvalue weighted by Crippen LogP contribution is -2.37. The van der Waals surface area contributed by atoms with Crippen LogP contribution in [0.25, 0.3) is 0 Å². The van der Waals surface area contributed by atoms with Crippen molar-refractivity contribution in [3.8, 4) is 0 Å². The van der Waals surface area contributed by atoms with E-state index in [1.54, 1.807) is 16.7 Å². The van der Waals surface area contributed by atoms with Gasteiger partial charge in [0.05, 0.1) is 6.54 Å². The van der Waals surface area contributed by atoms with Gasteiger partial charge in [0, 0.05) is 30.2 Å². The Morgan fingerprint density at radius 3 is 2.85 bits per heavy atom. The van der Waals surface area contributed by atoms with Gasteiger partial charge in [-0.1, -0.05) is 17.7 Å². The summed E-state index contributed by atoms with van der Waals surface area (Å²) >= 11 is 1.68. The van der Waals surface area contributed by atoms with E-state index in [-0.39, 0.29) is 18.4 Å². The van der Waals surface area contributed by atoms with E-state index in [0.717, 1.165) is 12.2 Å². The highest BCUT2D eigenvalue weighted by Crippen LogP contribution is 2.19. The summed E-state index contributed by atoms with van der Waals surface area (Å²) in [5.41, 5.74) is 1.24. The molecule has 1 N–H and O–H groups in total. The zero-order chi connectivity index (χ0) is 14.4.